The number of aryl methyl sites for hydroxylation is 2. The summed E-state index contributed by atoms with van der Waals surface area (Å²) in [5.74, 6) is 0.807. The van der Waals surface area contributed by atoms with E-state index >= 15 is 0 Å². The van der Waals surface area contributed by atoms with Crippen LogP contribution in [0.1, 0.15) is 17.2 Å². The standard InChI is InChI=1S/C11H14N6S/c1-8-9(17-3-4-18-11(17)14-8)5-12-6-10-13-7-16(2)15-10/h3-4,7,12H,5-6H2,1-2H3. The van der Waals surface area contributed by atoms with Gasteiger partial charge in [0.25, 0.3) is 0 Å². The number of rotatable bonds is 4. The van der Waals surface area contributed by atoms with Crippen LogP contribution in [0.3, 0.4) is 0 Å². The minimum atomic E-state index is 0.664. The van der Waals surface area contributed by atoms with E-state index in [1.54, 1.807) is 22.3 Å². The zero-order valence-corrected chi connectivity index (χ0v) is 11.1. The summed E-state index contributed by atoms with van der Waals surface area (Å²) in [6, 6.07) is 0. The fraction of sp³-hybridized carbons (Fsp3) is 0.364. The van der Waals surface area contributed by atoms with E-state index in [0.29, 0.717) is 6.54 Å². The van der Waals surface area contributed by atoms with Crippen molar-refractivity contribution in [3.63, 3.8) is 0 Å². The molecule has 0 atom stereocenters. The van der Waals surface area contributed by atoms with Crippen molar-refractivity contribution in [3.8, 4) is 0 Å². The molecule has 3 rings (SSSR count). The number of thiazole rings is 1. The first-order valence-electron chi connectivity index (χ1n) is 5.70. The van der Waals surface area contributed by atoms with Crippen LogP contribution >= 0.6 is 11.3 Å². The second kappa shape index (κ2) is 4.51. The van der Waals surface area contributed by atoms with Crippen LogP contribution < -0.4 is 5.32 Å². The van der Waals surface area contributed by atoms with Gasteiger partial charge in [-0.15, -0.1) is 11.3 Å². The van der Waals surface area contributed by atoms with Crippen LogP contribution in [-0.2, 0) is 20.1 Å². The fourth-order valence-corrected chi connectivity index (χ4v) is 2.69. The lowest BCUT2D eigenvalue weighted by Crippen LogP contribution is -2.15. The van der Waals surface area contributed by atoms with Crippen LogP contribution in [0, 0.1) is 6.92 Å². The highest BCUT2D eigenvalue weighted by Crippen LogP contribution is 2.16. The van der Waals surface area contributed by atoms with Gasteiger partial charge in [-0.25, -0.2) is 9.97 Å². The topological polar surface area (TPSA) is 60.0 Å². The maximum Gasteiger partial charge on any atom is 0.194 e. The third-order valence-corrected chi connectivity index (χ3v) is 3.54. The largest absolute Gasteiger partial charge is 0.304 e. The van der Waals surface area contributed by atoms with Gasteiger partial charge >= 0.3 is 0 Å². The van der Waals surface area contributed by atoms with E-state index in [1.165, 1.54) is 5.69 Å². The van der Waals surface area contributed by atoms with E-state index < -0.39 is 0 Å². The van der Waals surface area contributed by atoms with Crippen molar-refractivity contribution in [1.29, 1.82) is 0 Å². The molecule has 0 aromatic carbocycles. The lowest BCUT2D eigenvalue weighted by atomic mass is 10.3. The van der Waals surface area contributed by atoms with Gasteiger partial charge in [0.05, 0.1) is 17.9 Å². The van der Waals surface area contributed by atoms with Gasteiger partial charge in [-0.05, 0) is 6.92 Å². The molecule has 0 radical (unpaired) electrons. The Kier molecular flexibility index (Phi) is 2.85. The molecule has 0 amide bonds. The highest BCUT2D eigenvalue weighted by Gasteiger charge is 2.09. The van der Waals surface area contributed by atoms with Gasteiger partial charge < -0.3 is 5.32 Å². The molecule has 0 aliphatic heterocycles. The number of imidazole rings is 1. The number of hydrogen-bond acceptors (Lipinski definition) is 5. The predicted molar refractivity (Wildman–Crippen MR) is 69.4 cm³/mol. The Labute approximate surface area is 108 Å². The zero-order chi connectivity index (χ0) is 12.5. The number of fused-ring (bicyclic) bond motifs is 1. The second-order valence-electron chi connectivity index (χ2n) is 4.14. The summed E-state index contributed by atoms with van der Waals surface area (Å²) >= 11 is 1.65. The normalized spacial score (nSPS) is 11.4. The number of nitrogens with zero attached hydrogens (tertiary/aromatic N) is 5. The summed E-state index contributed by atoms with van der Waals surface area (Å²) in [5.41, 5.74) is 2.27. The molecule has 3 heterocycles. The molecule has 94 valence electrons. The summed E-state index contributed by atoms with van der Waals surface area (Å²) in [5, 5.41) is 9.62. The lowest BCUT2D eigenvalue weighted by molar-refractivity contribution is 0.636. The van der Waals surface area contributed by atoms with Gasteiger partial charge in [0.1, 0.15) is 6.33 Å². The fourth-order valence-electron chi connectivity index (χ4n) is 1.91. The molecule has 0 aliphatic rings. The highest BCUT2D eigenvalue weighted by molar-refractivity contribution is 7.15. The van der Waals surface area contributed by atoms with E-state index in [0.717, 1.165) is 23.0 Å². The van der Waals surface area contributed by atoms with E-state index in [9.17, 15) is 0 Å². The average Bonchev–Trinajstić information content (AvgIpc) is 2.99. The molecule has 0 saturated heterocycles. The smallest absolute Gasteiger partial charge is 0.194 e. The van der Waals surface area contributed by atoms with Crippen molar-refractivity contribution in [2.24, 2.45) is 7.05 Å². The Morgan fingerprint density at radius 1 is 1.39 bits per heavy atom. The van der Waals surface area contributed by atoms with Crippen LogP contribution in [0.2, 0.25) is 0 Å². The highest BCUT2D eigenvalue weighted by atomic mass is 32.1. The first-order chi connectivity index (χ1) is 8.74. The Balaban J connectivity index is 1.69. The van der Waals surface area contributed by atoms with Crippen molar-refractivity contribution in [2.45, 2.75) is 20.0 Å². The number of nitrogens with one attached hydrogen (secondary N) is 1. The maximum atomic E-state index is 4.51. The lowest BCUT2D eigenvalue weighted by Gasteiger charge is -2.02. The van der Waals surface area contributed by atoms with E-state index in [-0.39, 0.29) is 0 Å². The summed E-state index contributed by atoms with van der Waals surface area (Å²) in [6.45, 7) is 3.47. The quantitative estimate of drug-likeness (QED) is 0.765. The minimum absolute atomic E-state index is 0.664. The Bertz CT molecular complexity index is 664. The van der Waals surface area contributed by atoms with Gasteiger partial charge in [-0.2, -0.15) is 5.10 Å². The molecule has 18 heavy (non-hydrogen) atoms. The van der Waals surface area contributed by atoms with Crippen LogP contribution in [-0.4, -0.2) is 24.1 Å². The molecule has 0 fully saturated rings. The van der Waals surface area contributed by atoms with Gasteiger partial charge in [-0.3, -0.25) is 9.08 Å². The predicted octanol–water partition coefficient (Wildman–Crippen LogP) is 1.12. The van der Waals surface area contributed by atoms with Crippen molar-refractivity contribution in [3.05, 3.63) is 35.1 Å². The maximum absolute atomic E-state index is 4.51. The van der Waals surface area contributed by atoms with Gasteiger partial charge in [0.15, 0.2) is 10.8 Å². The third kappa shape index (κ3) is 2.02. The van der Waals surface area contributed by atoms with Crippen molar-refractivity contribution >= 4 is 16.3 Å². The molecule has 3 aromatic heterocycles. The number of aromatic nitrogens is 5. The molecule has 0 aliphatic carbocycles. The third-order valence-electron chi connectivity index (χ3n) is 2.78. The first kappa shape index (κ1) is 11.4. The summed E-state index contributed by atoms with van der Waals surface area (Å²) in [7, 11) is 1.87. The monoisotopic (exact) mass is 262 g/mol. The molecule has 0 spiro atoms. The Morgan fingerprint density at radius 3 is 3.06 bits per heavy atom. The van der Waals surface area contributed by atoms with E-state index in [4.69, 9.17) is 0 Å². The Morgan fingerprint density at radius 2 is 2.28 bits per heavy atom. The summed E-state index contributed by atoms with van der Waals surface area (Å²) < 4.78 is 3.83. The minimum Gasteiger partial charge on any atom is -0.304 e. The molecule has 0 bridgehead atoms. The van der Waals surface area contributed by atoms with Crippen LogP contribution in [0.15, 0.2) is 17.9 Å². The van der Waals surface area contributed by atoms with Crippen LogP contribution in [0.5, 0.6) is 0 Å². The summed E-state index contributed by atoms with van der Waals surface area (Å²) in [6.07, 6.45) is 3.76. The Hall–Kier alpha value is -1.73. The van der Waals surface area contributed by atoms with E-state index in [1.807, 2.05) is 19.4 Å². The van der Waals surface area contributed by atoms with Crippen molar-refractivity contribution in [1.82, 2.24) is 29.5 Å². The van der Waals surface area contributed by atoms with Gasteiger partial charge in [0, 0.05) is 25.2 Å². The van der Waals surface area contributed by atoms with Crippen molar-refractivity contribution in [2.75, 3.05) is 0 Å². The van der Waals surface area contributed by atoms with Gasteiger partial charge in [0.2, 0.25) is 0 Å². The van der Waals surface area contributed by atoms with Crippen LogP contribution in [0.4, 0.5) is 0 Å². The van der Waals surface area contributed by atoms with Gasteiger partial charge in [-0.1, -0.05) is 0 Å². The second-order valence-corrected chi connectivity index (χ2v) is 5.01. The van der Waals surface area contributed by atoms with E-state index in [2.05, 4.69) is 31.0 Å². The van der Waals surface area contributed by atoms with Crippen molar-refractivity contribution < 1.29 is 0 Å². The number of hydrogen-bond donors (Lipinski definition) is 1. The molecule has 6 nitrogen and oxygen atoms in total. The molecule has 0 unspecified atom stereocenters. The molecular weight excluding hydrogens is 248 g/mol. The molecule has 0 saturated carbocycles. The summed E-state index contributed by atoms with van der Waals surface area (Å²) in [4.78, 5) is 9.73. The zero-order valence-electron chi connectivity index (χ0n) is 10.3. The molecule has 3 aromatic rings. The SMILES string of the molecule is Cc1nc2sccn2c1CNCc1ncn(C)n1. The first-order valence-corrected chi connectivity index (χ1v) is 6.58. The molecular formula is C11H14N6S. The average molecular weight is 262 g/mol. The van der Waals surface area contributed by atoms with Crippen LogP contribution in [0.25, 0.3) is 4.96 Å². The molecule has 7 heteroatoms. The molecule has 1 N–H and O–H groups in total.